The molecule has 0 bridgehead atoms. The summed E-state index contributed by atoms with van der Waals surface area (Å²) in [6.07, 6.45) is 0. The largest absolute Gasteiger partial charge is 0.465 e. The van der Waals surface area contributed by atoms with Crippen molar-refractivity contribution >= 4 is 12.0 Å². The molecule has 1 heterocycles. The van der Waals surface area contributed by atoms with Crippen molar-refractivity contribution in [2.45, 2.75) is 19.3 Å². The highest BCUT2D eigenvalue weighted by molar-refractivity contribution is 5.89. The van der Waals surface area contributed by atoms with Gasteiger partial charge in [-0.1, -0.05) is 36.4 Å². The summed E-state index contributed by atoms with van der Waals surface area (Å²) in [7, 11) is 1.34. The number of hydrogen-bond acceptors (Lipinski definition) is 4. The first-order valence-corrected chi connectivity index (χ1v) is 9.19. The van der Waals surface area contributed by atoms with E-state index in [1.165, 1.54) is 7.11 Å². The molecule has 2 aromatic rings. The SMILES string of the molecule is COC(=O)c1ccc(CNC(=O)N2CCNCC2c2cccc(CF)c2)cc1. The Kier molecular flexibility index (Phi) is 6.60. The molecule has 0 aromatic heterocycles. The zero-order chi connectivity index (χ0) is 19.9. The average Bonchev–Trinajstić information content (AvgIpc) is 2.77. The Hall–Kier alpha value is -2.93. The Balaban J connectivity index is 1.65. The monoisotopic (exact) mass is 385 g/mol. The normalized spacial score (nSPS) is 16.5. The van der Waals surface area contributed by atoms with E-state index in [0.717, 1.165) is 11.1 Å². The third kappa shape index (κ3) is 4.67. The van der Waals surface area contributed by atoms with E-state index in [-0.39, 0.29) is 12.1 Å². The Bertz CT molecular complexity index is 826. The molecule has 148 valence electrons. The van der Waals surface area contributed by atoms with Crippen molar-refractivity contribution in [2.24, 2.45) is 0 Å². The van der Waals surface area contributed by atoms with E-state index in [1.807, 2.05) is 18.2 Å². The number of piperazine rings is 1. The van der Waals surface area contributed by atoms with Crippen LogP contribution in [0.3, 0.4) is 0 Å². The lowest BCUT2D eigenvalue weighted by Gasteiger charge is -2.36. The molecule has 7 heteroatoms. The number of rotatable bonds is 5. The number of alkyl halides is 1. The minimum atomic E-state index is -0.526. The molecule has 2 aromatic carbocycles. The maximum atomic E-state index is 13.0. The van der Waals surface area contributed by atoms with Crippen molar-refractivity contribution in [3.63, 3.8) is 0 Å². The minimum Gasteiger partial charge on any atom is -0.465 e. The molecule has 1 aliphatic heterocycles. The van der Waals surface area contributed by atoms with Crippen LogP contribution < -0.4 is 10.6 Å². The Morgan fingerprint density at radius 2 is 2.00 bits per heavy atom. The first kappa shape index (κ1) is 19.8. The number of esters is 1. The van der Waals surface area contributed by atoms with Gasteiger partial charge in [0.05, 0.1) is 18.7 Å². The average molecular weight is 385 g/mol. The molecule has 2 N–H and O–H groups in total. The fourth-order valence-electron chi connectivity index (χ4n) is 3.28. The van der Waals surface area contributed by atoms with Crippen LogP contribution in [0, 0.1) is 0 Å². The van der Waals surface area contributed by atoms with Crippen molar-refractivity contribution in [3.05, 3.63) is 70.8 Å². The van der Waals surface area contributed by atoms with Crippen LogP contribution in [0.2, 0.25) is 0 Å². The number of nitrogens with one attached hydrogen (secondary N) is 2. The molecule has 0 saturated carbocycles. The summed E-state index contributed by atoms with van der Waals surface area (Å²) in [4.78, 5) is 26.0. The van der Waals surface area contributed by atoms with Gasteiger partial charge in [-0.2, -0.15) is 0 Å². The number of methoxy groups -OCH3 is 1. The van der Waals surface area contributed by atoms with Gasteiger partial charge in [-0.05, 0) is 28.8 Å². The molecular weight excluding hydrogens is 361 g/mol. The molecule has 6 nitrogen and oxygen atoms in total. The number of halogens is 1. The number of urea groups is 1. The van der Waals surface area contributed by atoms with Gasteiger partial charge in [-0.15, -0.1) is 0 Å². The molecule has 3 rings (SSSR count). The van der Waals surface area contributed by atoms with E-state index in [9.17, 15) is 14.0 Å². The second kappa shape index (κ2) is 9.32. The number of carbonyl (C=O) groups is 2. The second-order valence-electron chi connectivity index (χ2n) is 6.64. The Labute approximate surface area is 163 Å². The summed E-state index contributed by atoms with van der Waals surface area (Å²) < 4.78 is 17.7. The summed E-state index contributed by atoms with van der Waals surface area (Å²) in [5.41, 5.74) is 2.87. The quantitative estimate of drug-likeness (QED) is 0.777. The standard InChI is InChI=1S/C21H24FN3O3/c1-28-20(26)17-7-5-15(6-8-17)13-24-21(27)25-10-9-23-14-19(25)18-4-2-3-16(11-18)12-22/h2-8,11,19,23H,9-10,12-14H2,1H3,(H,24,27). The number of carbonyl (C=O) groups excluding carboxylic acids is 2. The fraction of sp³-hybridized carbons (Fsp3) is 0.333. The van der Waals surface area contributed by atoms with Crippen molar-refractivity contribution in [2.75, 3.05) is 26.7 Å². The van der Waals surface area contributed by atoms with Gasteiger partial charge in [0.15, 0.2) is 0 Å². The highest BCUT2D eigenvalue weighted by atomic mass is 19.1. The van der Waals surface area contributed by atoms with Crippen molar-refractivity contribution < 1.29 is 18.7 Å². The Morgan fingerprint density at radius 3 is 2.71 bits per heavy atom. The first-order chi connectivity index (χ1) is 13.6. The smallest absolute Gasteiger partial charge is 0.337 e. The maximum Gasteiger partial charge on any atom is 0.337 e. The van der Waals surface area contributed by atoms with E-state index < -0.39 is 12.6 Å². The van der Waals surface area contributed by atoms with Gasteiger partial charge in [0.1, 0.15) is 6.67 Å². The molecule has 28 heavy (non-hydrogen) atoms. The van der Waals surface area contributed by atoms with Gasteiger partial charge < -0.3 is 20.3 Å². The van der Waals surface area contributed by atoms with E-state index >= 15 is 0 Å². The van der Waals surface area contributed by atoms with Crippen LogP contribution in [0.15, 0.2) is 48.5 Å². The van der Waals surface area contributed by atoms with Crippen LogP contribution >= 0.6 is 0 Å². The van der Waals surface area contributed by atoms with Crippen molar-refractivity contribution in [3.8, 4) is 0 Å². The Morgan fingerprint density at radius 1 is 1.21 bits per heavy atom. The highest BCUT2D eigenvalue weighted by Crippen LogP contribution is 2.23. The molecular formula is C21H24FN3O3. The van der Waals surface area contributed by atoms with E-state index in [4.69, 9.17) is 0 Å². The lowest BCUT2D eigenvalue weighted by molar-refractivity contribution is 0.0600. The van der Waals surface area contributed by atoms with Crippen LogP contribution in [0.5, 0.6) is 0 Å². The van der Waals surface area contributed by atoms with Gasteiger partial charge in [0.2, 0.25) is 0 Å². The zero-order valence-corrected chi connectivity index (χ0v) is 15.8. The van der Waals surface area contributed by atoms with Crippen LogP contribution in [-0.4, -0.2) is 43.6 Å². The highest BCUT2D eigenvalue weighted by Gasteiger charge is 2.27. The number of amides is 2. The molecule has 1 unspecified atom stereocenters. The predicted octanol–water partition coefficient (Wildman–Crippen LogP) is 2.80. The summed E-state index contributed by atoms with van der Waals surface area (Å²) >= 11 is 0. The van der Waals surface area contributed by atoms with Gasteiger partial charge >= 0.3 is 12.0 Å². The molecule has 2 amide bonds. The topological polar surface area (TPSA) is 70.7 Å². The van der Waals surface area contributed by atoms with Crippen LogP contribution in [0.25, 0.3) is 0 Å². The van der Waals surface area contributed by atoms with Gasteiger partial charge in [-0.3, -0.25) is 0 Å². The van der Waals surface area contributed by atoms with Crippen LogP contribution in [0.4, 0.5) is 9.18 Å². The second-order valence-corrected chi connectivity index (χ2v) is 6.64. The number of nitrogens with zero attached hydrogens (tertiary/aromatic N) is 1. The van der Waals surface area contributed by atoms with Gasteiger partial charge in [0, 0.05) is 26.2 Å². The van der Waals surface area contributed by atoms with E-state index in [2.05, 4.69) is 15.4 Å². The predicted molar refractivity (Wildman–Crippen MR) is 104 cm³/mol. The minimum absolute atomic E-state index is 0.151. The van der Waals surface area contributed by atoms with E-state index in [0.29, 0.717) is 37.3 Å². The summed E-state index contributed by atoms with van der Waals surface area (Å²) in [6, 6.07) is 13.9. The lowest BCUT2D eigenvalue weighted by Crippen LogP contribution is -2.51. The number of ether oxygens (including phenoxy) is 1. The molecule has 1 atom stereocenters. The molecule has 0 radical (unpaired) electrons. The van der Waals surface area contributed by atoms with Gasteiger partial charge in [0.25, 0.3) is 0 Å². The lowest BCUT2D eigenvalue weighted by atomic mass is 10.0. The van der Waals surface area contributed by atoms with Crippen molar-refractivity contribution in [1.82, 2.24) is 15.5 Å². The van der Waals surface area contributed by atoms with Gasteiger partial charge in [-0.25, -0.2) is 14.0 Å². The molecule has 0 aliphatic carbocycles. The van der Waals surface area contributed by atoms with Crippen LogP contribution in [0.1, 0.15) is 33.1 Å². The van der Waals surface area contributed by atoms with E-state index in [1.54, 1.807) is 35.2 Å². The maximum absolute atomic E-state index is 13.0. The zero-order valence-electron chi connectivity index (χ0n) is 15.8. The van der Waals surface area contributed by atoms with Crippen molar-refractivity contribution in [1.29, 1.82) is 0 Å². The molecule has 1 saturated heterocycles. The molecule has 1 fully saturated rings. The number of hydrogen-bond donors (Lipinski definition) is 2. The third-order valence-corrected chi connectivity index (χ3v) is 4.81. The third-order valence-electron chi connectivity index (χ3n) is 4.81. The first-order valence-electron chi connectivity index (χ1n) is 9.19. The fourth-order valence-corrected chi connectivity index (χ4v) is 3.28. The molecule has 1 aliphatic rings. The summed E-state index contributed by atoms with van der Waals surface area (Å²) in [6.45, 7) is 1.72. The van der Waals surface area contributed by atoms with Crippen LogP contribution in [-0.2, 0) is 18.0 Å². The number of benzene rings is 2. The summed E-state index contributed by atoms with van der Waals surface area (Å²) in [5.74, 6) is -0.394. The summed E-state index contributed by atoms with van der Waals surface area (Å²) in [5, 5.41) is 6.22. The molecule has 0 spiro atoms.